The topological polar surface area (TPSA) is 0 Å². The maximum absolute atomic E-state index is 2.30. The van der Waals surface area contributed by atoms with Gasteiger partial charge < -0.3 is 0 Å². The molecule has 0 saturated heterocycles. The molecule has 0 unspecified atom stereocenters. The molecule has 2 aliphatic carbocycles. The first kappa shape index (κ1) is 12.5. The second-order valence-corrected chi connectivity index (χ2v) is 4.02. The average Bonchev–Trinajstić information content (AvgIpc) is 2.62. The van der Waals surface area contributed by atoms with Crippen LogP contribution in [0, 0.1) is 0 Å². The molecule has 0 fully saturated rings. The van der Waals surface area contributed by atoms with E-state index in [1.54, 1.807) is 11.1 Å². The summed E-state index contributed by atoms with van der Waals surface area (Å²) in [5.74, 6) is 0. The van der Waals surface area contributed by atoms with E-state index in [9.17, 15) is 0 Å². The second-order valence-electron chi connectivity index (χ2n) is 4.02. The van der Waals surface area contributed by atoms with Crippen molar-refractivity contribution in [2.24, 2.45) is 0 Å². The zero-order valence-corrected chi connectivity index (χ0v) is 10.2. The van der Waals surface area contributed by atoms with Crippen LogP contribution in [-0.2, 0) is 17.1 Å². The van der Waals surface area contributed by atoms with Crippen molar-refractivity contribution in [1.29, 1.82) is 0 Å². The van der Waals surface area contributed by atoms with Crippen molar-refractivity contribution in [2.75, 3.05) is 0 Å². The van der Waals surface area contributed by atoms with Gasteiger partial charge in [-0.2, -0.15) is 0 Å². The van der Waals surface area contributed by atoms with E-state index in [1.807, 2.05) is 0 Å². The molecule has 0 N–H and O–H groups in total. The fourth-order valence-electron chi connectivity index (χ4n) is 2.08. The molecule has 0 aromatic heterocycles. The summed E-state index contributed by atoms with van der Waals surface area (Å²) in [5.41, 5.74) is 3.12. The number of hydrogen-bond donors (Lipinski definition) is 0. The normalized spacial score (nSPS) is 20.8. The van der Waals surface area contributed by atoms with E-state index in [2.05, 4.69) is 36.5 Å². The second kappa shape index (κ2) is 6.87. The van der Waals surface area contributed by atoms with Crippen LogP contribution in [0.3, 0.4) is 0 Å². The molecule has 0 saturated carbocycles. The molecule has 0 nitrogen and oxygen atoms in total. The third-order valence-electron chi connectivity index (χ3n) is 2.91. The minimum atomic E-state index is 0. The van der Waals surface area contributed by atoms with E-state index < -0.39 is 0 Å². The molecule has 0 aromatic carbocycles. The van der Waals surface area contributed by atoms with Gasteiger partial charge in [-0.05, 0) is 49.7 Å². The summed E-state index contributed by atoms with van der Waals surface area (Å²) in [6.07, 6.45) is 21.2. The van der Waals surface area contributed by atoms with Crippen LogP contribution in [0.1, 0.15) is 38.5 Å². The van der Waals surface area contributed by atoms with Crippen LogP contribution in [-0.4, -0.2) is 0 Å². The van der Waals surface area contributed by atoms with Gasteiger partial charge in [-0.3, -0.25) is 0 Å². The molecule has 2 rings (SSSR count). The summed E-state index contributed by atoms with van der Waals surface area (Å²) >= 11 is 0. The third-order valence-corrected chi connectivity index (χ3v) is 2.91. The molecule has 0 aromatic rings. The largest absolute Gasteiger partial charge is 0.0845 e. The third kappa shape index (κ3) is 3.85. The fraction of sp³-hybridized carbons (Fsp3) is 0.429. The Bertz CT molecular complexity index is 273. The van der Waals surface area contributed by atoms with E-state index in [-0.39, 0.29) is 17.1 Å². The molecule has 0 radical (unpaired) electrons. The summed E-state index contributed by atoms with van der Waals surface area (Å²) < 4.78 is 0. The molecule has 82 valence electrons. The number of rotatable bonds is 1. The van der Waals surface area contributed by atoms with Crippen molar-refractivity contribution in [3.63, 3.8) is 0 Å². The van der Waals surface area contributed by atoms with Crippen LogP contribution < -0.4 is 0 Å². The van der Waals surface area contributed by atoms with Gasteiger partial charge in [-0.1, -0.05) is 36.5 Å². The van der Waals surface area contributed by atoms with Gasteiger partial charge in [0.1, 0.15) is 0 Å². The first-order valence-corrected chi connectivity index (χ1v) is 5.68. The molecule has 1 heteroatoms. The van der Waals surface area contributed by atoms with Gasteiger partial charge >= 0.3 is 0 Å². The summed E-state index contributed by atoms with van der Waals surface area (Å²) in [5, 5.41) is 0. The van der Waals surface area contributed by atoms with Crippen LogP contribution in [0.4, 0.5) is 0 Å². The monoisotopic (exact) mass is 242 g/mol. The fourth-order valence-corrected chi connectivity index (χ4v) is 2.08. The predicted octanol–water partition coefficient (Wildman–Crippen LogP) is 4.32. The number of allylic oxidation sites excluding steroid dienone is 8. The smallest absolute Gasteiger partial charge is 0 e. The van der Waals surface area contributed by atoms with Gasteiger partial charge in [-0.15, -0.1) is 0 Å². The minimum absolute atomic E-state index is 0. The first-order chi connectivity index (χ1) is 6.97. The number of hydrogen-bond acceptors (Lipinski definition) is 0. The molecular formula is C14H18Fe. The molecule has 0 spiro atoms. The zero-order chi connectivity index (χ0) is 9.64. The zero-order valence-electron chi connectivity index (χ0n) is 9.06. The first-order valence-electron chi connectivity index (χ1n) is 5.68. The van der Waals surface area contributed by atoms with Crippen LogP contribution >= 0.6 is 0 Å². The molecule has 0 heterocycles. The van der Waals surface area contributed by atoms with E-state index in [0.717, 1.165) is 0 Å². The van der Waals surface area contributed by atoms with Crippen LogP contribution in [0.15, 0.2) is 47.6 Å². The summed E-state index contributed by atoms with van der Waals surface area (Å²) in [7, 11) is 0. The average molecular weight is 242 g/mol. The summed E-state index contributed by atoms with van der Waals surface area (Å²) in [4.78, 5) is 0. The molecule has 0 amide bonds. The Morgan fingerprint density at radius 3 is 1.67 bits per heavy atom. The Balaban J connectivity index is 0.00000112. The quantitative estimate of drug-likeness (QED) is 0.601. The van der Waals surface area contributed by atoms with Gasteiger partial charge in [0.2, 0.25) is 0 Å². The van der Waals surface area contributed by atoms with E-state index in [0.29, 0.717) is 0 Å². The minimum Gasteiger partial charge on any atom is -0.0845 e. The van der Waals surface area contributed by atoms with E-state index >= 15 is 0 Å². The van der Waals surface area contributed by atoms with Gasteiger partial charge in [0.05, 0.1) is 0 Å². The molecule has 0 bridgehead atoms. The van der Waals surface area contributed by atoms with Crippen molar-refractivity contribution >= 4 is 0 Å². The summed E-state index contributed by atoms with van der Waals surface area (Å²) in [6.45, 7) is 0. The molecule has 2 aliphatic rings. The Morgan fingerprint density at radius 1 is 0.733 bits per heavy atom. The van der Waals surface area contributed by atoms with Gasteiger partial charge in [-0.25, -0.2) is 0 Å². The molecule has 0 atom stereocenters. The van der Waals surface area contributed by atoms with Crippen LogP contribution in [0.2, 0.25) is 0 Å². The SMILES string of the molecule is C1=CCCCC(C2=CC=CCCC2)=C1.[Fe]. The maximum atomic E-state index is 2.30. The van der Waals surface area contributed by atoms with Gasteiger partial charge in [0, 0.05) is 17.1 Å². The van der Waals surface area contributed by atoms with Gasteiger partial charge in [0.15, 0.2) is 0 Å². The predicted molar refractivity (Wildman–Crippen MR) is 62.1 cm³/mol. The van der Waals surface area contributed by atoms with Crippen molar-refractivity contribution < 1.29 is 17.1 Å². The Morgan fingerprint density at radius 2 is 1.20 bits per heavy atom. The van der Waals surface area contributed by atoms with Crippen LogP contribution in [0.25, 0.3) is 0 Å². The Labute approximate surface area is 103 Å². The van der Waals surface area contributed by atoms with Crippen molar-refractivity contribution in [2.45, 2.75) is 38.5 Å². The van der Waals surface area contributed by atoms with Gasteiger partial charge in [0.25, 0.3) is 0 Å². The van der Waals surface area contributed by atoms with E-state index in [4.69, 9.17) is 0 Å². The van der Waals surface area contributed by atoms with Crippen molar-refractivity contribution in [1.82, 2.24) is 0 Å². The molecular weight excluding hydrogens is 224 g/mol. The van der Waals surface area contributed by atoms with Crippen molar-refractivity contribution in [3.05, 3.63) is 47.6 Å². The molecule has 0 aliphatic heterocycles. The standard InChI is InChI=1S/C14H18.Fe/c1-2-6-10-13(9-5-1)14-11-7-3-4-8-12-14;/h1,3,5,7,9,11H,2,4,6,8,10,12H2;. The maximum Gasteiger partial charge on any atom is 0 e. The van der Waals surface area contributed by atoms with E-state index in [1.165, 1.54) is 38.5 Å². The Kier molecular flexibility index (Phi) is 5.75. The molecule has 15 heavy (non-hydrogen) atoms. The van der Waals surface area contributed by atoms with Crippen LogP contribution in [0.5, 0.6) is 0 Å². The van der Waals surface area contributed by atoms with Crippen molar-refractivity contribution in [3.8, 4) is 0 Å². The Hall–Kier alpha value is -0.521. The summed E-state index contributed by atoms with van der Waals surface area (Å²) in [6, 6.07) is 0.